The Bertz CT molecular complexity index is 1400. The lowest BCUT2D eigenvalue weighted by Gasteiger charge is -2.07. The molecule has 1 aromatic carbocycles. The first-order valence-electron chi connectivity index (χ1n) is 8.85. The molecule has 29 heavy (non-hydrogen) atoms. The standard InChI is InChI=1S/C21H14Cl3N5/c1-11-20(17-14(22)4-3-5-15(17)23)27-21-18-16(6-7-29(11)21)25-9-13(19(18)24)12-8-26-28(2)10-12/h3-10H,1-2H3. The molecule has 0 aliphatic rings. The molecule has 0 saturated heterocycles. The van der Waals surface area contributed by atoms with Gasteiger partial charge in [-0.15, -0.1) is 0 Å². The summed E-state index contributed by atoms with van der Waals surface area (Å²) in [6.07, 6.45) is 7.36. The van der Waals surface area contributed by atoms with Crippen molar-refractivity contribution in [3.05, 3.63) is 69.8 Å². The van der Waals surface area contributed by atoms with Gasteiger partial charge in [0.25, 0.3) is 0 Å². The zero-order chi connectivity index (χ0) is 20.3. The molecule has 0 N–H and O–H groups in total. The topological polar surface area (TPSA) is 48.0 Å². The summed E-state index contributed by atoms with van der Waals surface area (Å²) in [5.41, 5.74) is 5.50. The van der Waals surface area contributed by atoms with Crippen molar-refractivity contribution in [1.29, 1.82) is 0 Å². The van der Waals surface area contributed by atoms with Crippen LogP contribution in [0.2, 0.25) is 15.1 Å². The van der Waals surface area contributed by atoms with E-state index in [9.17, 15) is 0 Å². The lowest BCUT2D eigenvalue weighted by molar-refractivity contribution is 0.768. The van der Waals surface area contributed by atoms with E-state index in [0.717, 1.165) is 33.4 Å². The maximum absolute atomic E-state index is 6.85. The molecule has 0 unspecified atom stereocenters. The Labute approximate surface area is 181 Å². The van der Waals surface area contributed by atoms with Gasteiger partial charge in [-0.3, -0.25) is 9.67 Å². The molecule has 5 rings (SSSR count). The summed E-state index contributed by atoms with van der Waals surface area (Å²) in [5.74, 6) is 0. The van der Waals surface area contributed by atoms with Gasteiger partial charge in [-0.05, 0) is 25.1 Å². The second kappa shape index (κ2) is 6.73. The summed E-state index contributed by atoms with van der Waals surface area (Å²) in [4.78, 5) is 9.48. The van der Waals surface area contributed by atoms with Crippen molar-refractivity contribution in [2.45, 2.75) is 6.92 Å². The Morgan fingerprint density at radius 2 is 1.76 bits per heavy atom. The lowest BCUT2D eigenvalue weighted by Crippen LogP contribution is -1.92. The van der Waals surface area contributed by atoms with E-state index in [1.807, 2.05) is 42.9 Å². The van der Waals surface area contributed by atoms with Gasteiger partial charge in [0.1, 0.15) is 5.65 Å². The monoisotopic (exact) mass is 441 g/mol. The Morgan fingerprint density at radius 3 is 2.45 bits per heavy atom. The largest absolute Gasteiger partial charge is 0.303 e. The first-order chi connectivity index (χ1) is 14.0. The number of aromatic nitrogens is 5. The highest BCUT2D eigenvalue weighted by Gasteiger charge is 2.20. The van der Waals surface area contributed by atoms with Crippen LogP contribution in [-0.4, -0.2) is 24.1 Å². The molecule has 0 bridgehead atoms. The van der Waals surface area contributed by atoms with Crippen LogP contribution < -0.4 is 0 Å². The van der Waals surface area contributed by atoms with Crippen molar-refractivity contribution in [3.63, 3.8) is 0 Å². The number of imidazole rings is 1. The minimum atomic E-state index is 0.550. The summed E-state index contributed by atoms with van der Waals surface area (Å²) in [5, 5.41) is 6.68. The molecule has 0 spiro atoms. The number of fused-ring (bicyclic) bond motifs is 3. The van der Waals surface area contributed by atoms with Crippen LogP contribution in [0.15, 0.2) is 49.1 Å². The van der Waals surface area contributed by atoms with Crippen molar-refractivity contribution < 1.29 is 0 Å². The average molecular weight is 443 g/mol. The molecule has 8 heteroatoms. The molecule has 0 aliphatic heterocycles. The minimum absolute atomic E-state index is 0.550. The van der Waals surface area contributed by atoms with Crippen LogP contribution >= 0.6 is 34.8 Å². The van der Waals surface area contributed by atoms with E-state index in [1.54, 1.807) is 29.2 Å². The Morgan fingerprint density at radius 1 is 1.00 bits per heavy atom. The Kier molecular flexibility index (Phi) is 4.28. The lowest BCUT2D eigenvalue weighted by atomic mass is 10.1. The van der Waals surface area contributed by atoms with E-state index in [1.165, 1.54) is 0 Å². The molecule has 5 aromatic rings. The zero-order valence-corrected chi connectivity index (χ0v) is 17.8. The maximum atomic E-state index is 6.85. The second-order valence-corrected chi connectivity index (χ2v) is 7.99. The summed E-state index contributed by atoms with van der Waals surface area (Å²) in [6, 6.07) is 7.35. The van der Waals surface area contributed by atoms with Gasteiger partial charge in [-0.1, -0.05) is 40.9 Å². The SMILES string of the molecule is Cc1c(-c2c(Cl)cccc2Cl)nc2c3c(Cl)c(-c4cnn(C)c4)cnc3ccn12. The third kappa shape index (κ3) is 2.81. The molecule has 5 nitrogen and oxygen atoms in total. The molecule has 0 aliphatic carbocycles. The minimum Gasteiger partial charge on any atom is -0.303 e. The van der Waals surface area contributed by atoms with Crippen molar-refractivity contribution >= 4 is 51.4 Å². The Balaban J connectivity index is 1.85. The molecule has 0 saturated carbocycles. The quantitative estimate of drug-likeness (QED) is 0.326. The van der Waals surface area contributed by atoms with E-state index in [4.69, 9.17) is 39.8 Å². The molecule has 144 valence electrons. The summed E-state index contributed by atoms with van der Waals surface area (Å²) >= 11 is 19.7. The predicted octanol–water partition coefficient (Wildman–Crippen LogP) is 6.22. The molecule has 4 aromatic heterocycles. The van der Waals surface area contributed by atoms with Crippen molar-refractivity contribution in [2.24, 2.45) is 7.05 Å². The molecule has 4 heterocycles. The first kappa shape index (κ1) is 18.4. The summed E-state index contributed by atoms with van der Waals surface area (Å²) in [6.45, 7) is 1.98. The normalized spacial score (nSPS) is 11.6. The number of hydrogen-bond acceptors (Lipinski definition) is 3. The van der Waals surface area contributed by atoms with Gasteiger partial charge in [0, 0.05) is 48.0 Å². The van der Waals surface area contributed by atoms with E-state index < -0.39 is 0 Å². The number of rotatable bonds is 2. The van der Waals surface area contributed by atoms with Crippen LogP contribution in [-0.2, 0) is 7.05 Å². The fourth-order valence-corrected chi connectivity index (χ4v) is 4.50. The van der Waals surface area contributed by atoms with Crippen LogP contribution in [0.4, 0.5) is 0 Å². The van der Waals surface area contributed by atoms with E-state index >= 15 is 0 Å². The van der Waals surface area contributed by atoms with Gasteiger partial charge in [-0.2, -0.15) is 5.10 Å². The third-order valence-corrected chi connectivity index (χ3v) is 6.04. The van der Waals surface area contributed by atoms with Crippen molar-refractivity contribution in [1.82, 2.24) is 24.1 Å². The number of halogens is 3. The van der Waals surface area contributed by atoms with Crippen LogP contribution in [0.5, 0.6) is 0 Å². The molecule has 0 amide bonds. The van der Waals surface area contributed by atoms with Crippen LogP contribution in [0.25, 0.3) is 38.9 Å². The van der Waals surface area contributed by atoms with Crippen LogP contribution in [0.3, 0.4) is 0 Å². The van der Waals surface area contributed by atoms with Crippen molar-refractivity contribution in [2.75, 3.05) is 0 Å². The Hall–Kier alpha value is -2.60. The van der Waals surface area contributed by atoms with E-state index in [-0.39, 0.29) is 0 Å². The predicted molar refractivity (Wildman–Crippen MR) is 118 cm³/mol. The van der Waals surface area contributed by atoms with E-state index in [2.05, 4.69) is 10.1 Å². The zero-order valence-electron chi connectivity index (χ0n) is 15.5. The van der Waals surface area contributed by atoms with Crippen molar-refractivity contribution in [3.8, 4) is 22.4 Å². The van der Waals surface area contributed by atoms with Crippen LogP contribution in [0, 0.1) is 6.92 Å². The smallest absolute Gasteiger partial charge is 0.148 e. The number of pyridine rings is 2. The first-order valence-corrected chi connectivity index (χ1v) is 9.98. The number of benzene rings is 1. The fraction of sp³-hybridized carbons (Fsp3) is 0.0952. The van der Waals surface area contributed by atoms with Gasteiger partial charge in [0.05, 0.1) is 37.9 Å². The van der Waals surface area contributed by atoms with Crippen LogP contribution in [0.1, 0.15) is 5.69 Å². The number of aryl methyl sites for hydroxylation is 2. The fourth-order valence-electron chi connectivity index (χ4n) is 3.58. The van der Waals surface area contributed by atoms with Gasteiger partial charge in [0.2, 0.25) is 0 Å². The maximum Gasteiger partial charge on any atom is 0.148 e. The highest BCUT2D eigenvalue weighted by Crippen LogP contribution is 2.39. The number of nitrogens with zero attached hydrogens (tertiary/aromatic N) is 5. The average Bonchev–Trinajstić information content (AvgIpc) is 3.26. The highest BCUT2D eigenvalue weighted by atomic mass is 35.5. The third-order valence-electron chi connectivity index (χ3n) is 5.02. The van der Waals surface area contributed by atoms with E-state index in [0.29, 0.717) is 26.3 Å². The molecular formula is C21H14Cl3N5. The second-order valence-electron chi connectivity index (χ2n) is 6.80. The summed E-state index contributed by atoms with van der Waals surface area (Å²) in [7, 11) is 1.86. The van der Waals surface area contributed by atoms with Gasteiger partial charge in [-0.25, -0.2) is 4.98 Å². The molecule has 0 radical (unpaired) electrons. The van der Waals surface area contributed by atoms with Gasteiger partial charge in [0.15, 0.2) is 0 Å². The highest BCUT2D eigenvalue weighted by molar-refractivity contribution is 6.40. The van der Waals surface area contributed by atoms with Gasteiger partial charge < -0.3 is 4.40 Å². The van der Waals surface area contributed by atoms with Gasteiger partial charge >= 0.3 is 0 Å². The molecule has 0 atom stereocenters. The molecule has 0 fully saturated rings. The molecular weight excluding hydrogens is 429 g/mol. The number of hydrogen-bond donors (Lipinski definition) is 0. The summed E-state index contributed by atoms with van der Waals surface area (Å²) < 4.78 is 3.71.